The number of methoxy groups -OCH3 is 1. The van der Waals surface area contributed by atoms with Gasteiger partial charge in [-0.05, 0) is 31.0 Å². The summed E-state index contributed by atoms with van der Waals surface area (Å²) in [6, 6.07) is 3.77. The Bertz CT molecular complexity index is 340. The van der Waals surface area contributed by atoms with Gasteiger partial charge in [0.15, 0.2) is 0 Å². The quantitative estimate of drug-likeness (QED) is 0.884. The molecule has 15 heavy (non-hydrogen) atoms. The molecule has 0 spiro atoms. The fraction of sp³-hybridized carbons (Fsp3) is 0.455. The minimum atomic E-state index is 0.0283. The van der Waals surface area contributed by atoms with E-state index in [9.17, 15) is 5.11 Å². The monoisotopic (exact) mass is 273 g/mol. The smallest absolute Gasteiger partial charge is 0.124 e. The Balaban J connectivity index is 3.04. The summed E-state index contributed by atoms with van der Waals surface area (Å²) in [6.45, 7) is 2.31. The minimum Gasteiger partial charge on any atom is -0.507 e. The predicted octanol–water partition coefficient (Wildman–Crippen LogP) is 2.19. The van der Waals surface area contributed by atoms with Gasteiger partial charge < -0.3 is 15.6 Å². The Morgan fingerprint density at radius 3 is 2.60 bits per heavy atom. The van der Waals surface area contributed by atoms with E-state index in [1.54, 1.807) is 7.11 Å². The van der Waals surface area contributed by atoms with E-state index < -0.39 is 0 Å². The van der Waals surface area contributed by atoms with Crippen LogP contribution in [0.15, 0.2) is 16.6 Å². The van der Waals surface area contributed by atoms with Crippen LogP contribution in [0, 0.1) is 0 Å². The van der Waals surface area contributed by atoms with Crippen LogP contribution in [0.5, 0.6) is 5.75 Å². The second-order valence-corrected chi connectivity index (χ2v) is 4.60. The van der Waals surface area contributed by atoms with E-state index in [1.807, 2.05) is 19.1 Å². The molecule has 1 aromatic rings. The van der Waals surface area contributed by atoms with Crippen molar-refractivity contribution in [2.24, 2.45) is 5.73 Å². The zero-order valence-corrected chi connectivity index (χ0v) is 10.5. The lowest BCUT2D eigenvalue weighted by molar-refractivity contribution is 0.182. The van der Waals surface area contributed by atoms with E-state index in [0.29, 0.717) is 13.0 Å². The molecule has 84 valence electrons. The van der Waals surface area contributed by atoms with Crippen molar-refractivity contribution < 1.29 is 9.84 Å². The third kappa shape index (κ3) is 3.48. The van der Waals surface area contributed by atoms with Crippen molar-refractivity contribution in [2.45, 2.75) is 26.0 Å². The number of aromatic hydroxyl groups is 1. The predicted molar refractivity (Wildman–Crippen MR) is 63.9 cm³/mol. The number of ether oxygens (including phenoxy) is 1. The van der Waals surface area contributed by atoms with Gasteiger partial charge in [-0.3, -0.25) is 0 Å². The summed E-state index contributed by atoms with van der Waals surface area (Å²) in [6.07, 6.45) is 0.655. The molecule has 1 rings (SSSR count). The van der Waals surface area contributed by atoms with Crippen molar-refractivity contribution in [3.63, 3.8) is 0 Å². The van der Waals surface area contributed by atoms with Gasteiger partial charge in [-0.1, -0.05) is 15.9 Å². The van der Waals surface area contributed by atoms with E-state index in [1.165, 1.54) is 0 Å². The van der Waals surface area contributed by atoms with Crippen LogP contribution < -0.4 is 5.73 Å². The number of hydrogen-bond acceptors (Lipinski definition) is 3. The molecule has 1 aromatic carbocycles. The van der Waals surface area contributed by atoms with Crippen LogP contribution in [-0.2, 0) is 17.8 Å². The summed E-state index contributed by atoms with van der Waals surface area (Å²) in [4.78, 5) is 0. The molecule has 4 heteroatoms. The van der Waals surface area contributed by atoms with Crippen molar-refractivity contribution in [2.75, 3.05) is 7.11 Å². The van der Waals surface area contributed by atoms with Gasteiger partial charge in [0, 0.05) is 23.2 Å². The average molecular weight is 274 g/mol. The summed E-state index contributed by atoms with van der Waals surface area (Å²) in [5, 5.41) is 9.94. The van der Waals surface area contributed by atoms with Crippen LogP contribution in [-0.4, -0.2) is 18.3 Å². The lowest BCUT2D eigenvalue weighted by Crippen LogP contribution is -2.18. The third-order valence-electron chi connectivity index (χ3n) is 2.07. The standard InChI is InChI=1S/C11H16BrNO2/c1-7(13)3-8-4-10(12)5-9(6-15-2)11(8)14/h4-5,7,14H,3,6,13H2,1-2H3. The van der Waals surface area contributed by atoms with Crippen LogP contribution in [0.25, 0.3) is 0 Å². The molecule has 0 heterocycles. The molecule has 0 amide bonds. The maximum Gasteiger partial charge on any atom is 0.124 e. The fourth-order valence-corrected chi connectivity index (χ4v) is 2.04. The highest BCUT2D eigenvalue weighted by molar-refractivity contribution is 9.10. The zero-order valence-electron chi connectivity index (χ0n) is 8.96. The highest BCUT2D eigenvalue weighted by Crippen LogP contribution is 2.28. The Morgan fingerprint density at radius 1 is 1.47 bits per heavy atom. The first kappa shape index (κ1) is 12.5. The molecule has 0 fully saturated rings. The van der Waals surface area contributed by atoms with Crippen LogP contribution in [0.1, 0.15) is 18.1 Å². The number of halogens is 1. The van der Waals surface area contributed by atoms with Gasteiger partial charge in [-0.25, -0.2) is 0 Å². The van der Waals surface area contributed by atoms with Crippen molar-refractivity contribution in [1.29, 1.82) is 0 Å². The Morgan fingerprint density at radius 2 is 2.07 bits per heavy atom. The highest BCUT2D eigenvalue weighted by Gasteiger charge is 2.10. The first-order valence-corrected chi connectivity index (χ1v) is 5.58. The van der Waals surface area contributed by atoms with Crippen molar-refractivity contribution >= 4 is 15.9 Å². The lowest BCUT2D eigenvalue weighted by atomic mass is 10.0. The van der Waals surface area contributed by atoms with Crippen molar-refractivity contribution in [3.05, 3.63) is 27.7 Å². The zero-order chi connectivity index (χ0) is 11.4. The SMILES string of the molecule is COCc1cc(Br)cc(CC(C)N)c1O. The summed E-state index contributed by atoms with van der Waals surface area (Å²) in [5.74, 6) is 0.289. The molecule has 0 saturated carbocycles. The maximum absolute atomic E-state index is 9.94. The number of hydrogen-bond donors (Lipinski definition) is 2. The molecule has 0 aliphatic heterocycles. The van der Waals surface area contributed by atoms with E-state index >= 15 is 0 Å². The van der Waals surface area contributed by atoms with Crippen LogP contribution in [0.2, 0.25) is 0 Å². The fourth-order valence-electron chi connectivity index (χ4n) is 1.49. The summed E-state index contributed by atoms with van der Waals surface area (Å²) in [7, 11) is 1.60. The molecular formula is C11H16BrNO2. The van der Waals surface area contributed by atoms with Gasteiger partial charge >= 0.3 is 0 Å². The van der Waals surface area contributed by atoms with Crippen molar-refractivity contribution in [1.82, 2.24) is 0 Å². The largest absolute Gasteiger partial charge is 0.507 e. The van der Waals surface area contributed by atoms with Gasteiger partial charge in [-0.2, -0.15) is 0 Å². The maximum atomic E-state index is 9.94. The molecule has 0 aliphatic carbocycles. The minimum absolute atomic E-state index is 0.0283. The molecule has 0 bridgehead atoms. The van der Waals surface area contributed by atoms with E-state index in [-0.39, 0.29) is 11.8 Å². The lowest BCUT2D eigenvalue weighted by Gasteiger charge is -2.12. The van der Waals surface area contributed by atoms with Crippen molar-refractivity contribution in [3.8, 4) is 5.75 Å². The topological polar surface area (TPSA) is 55.5 Å². The van der Waals surface area contributed by atoms with Gasteiger partial charge in [-0.15, -0.1) is 0 Å². The molecule has 0 saturated heterocycles. The molecule has 1 atom stereocenters. The first-order chi connectivity index (χ1) is 7.04. The van der Waals surface area contributed by atoms with Crippen LogP contribution in [0.4, 0.5) is 0 Å². The molecule has 3 nitrogen and oxygen atoms in total. The van der Waals surface area contributed by atoms with Gasteiger partial charge in [0.2, 0.25) is 0 Å². The summed E-state index contributed by atoms with van der Waals surface area (Å²) in [5.41, 5.74) is 7.34. The molecule has 0 aromatic heterocycles. The second-order valence-electron chi connectivity index (χ2n) is 3.69. The number of phenolic OH excluding ortho intramolecular Hbond substituents is 1. The Hall–Kier alpha value is -0.580. The molecule has 3 N–H and O–H groups in total. The van der Waals surface area contributed by atoms with Crippen LogP contribution in [0.3, 0.4) is 0 Å². The van der Waals surface area contributed by atoms with Crippen LogP contribution >= 0.6 is 15.9 Å². The highest BCUT2D eigenvalue weighted by atomic mass is 79.9. The van der Waals surface area contributed by atoms with Gasteiger partial charge in [0.05, 0.1) is 6.61 Å². The normalized spacial score (nSPS) is 12.8. The Kier molecular flexibility index (Phi) is 4.57. The Labute approximate surface area is 98.4 Å². The third-order valence-corrected chi connectivity index (χ3v) is 2.53. The van der Waals surface area contributed by atoms with Gasteiger partial charge in [0.1, 0.15) is 5.75 Å². The summed E-state index contributed by atoms with van der Waals surface area (Å²) >= 11 is 3.40. The number of benzene rings is 1. The summed E-state index contributed by atoms with van der Waals surface area (Å²) < 4.78 is 5.94. The molecular weight excluding hydrogens is 258 g/mol. The van der Waals surface area contributed by atoms with E-state index in [0.717, 1.165) is 15.6 Å². The number of phenols is 1. The second kappa shape index (κ2) is 5.49. The first-order valence-electron chi connectivity index (χ1n) is 4.79. The number of rotatable bonds is 4. The average Bonchev–Trinajstić information content (AvgIpc) is 2.12. The molecule has 0 aliphatic rings. The molecule has 1 unspecified atom stereocenters. The van der Waals surface area contributed by atoms with Gasteiger partial charge in [0.25, 0.3) is 0 Å². The van der Waals surface area contributed by atoms with E-state index in [2.05, 4.69) is 15.9 Å². The number of nitrogens with two attached hydrogens (primary N) is 1. The van der Waals surface area contributed by atoms with E-state index in [4.69, 9.17) is 10.5 Å². The molecule has 0 radical (unpaired) electrons.